The Kier molecular flexibility index (Phi) is 4.35. The molecule has 0 radical (unpaired) electrons. The fourth-order valence-corrected chi connectivity index (χ4v) is 2.44. The molecule has 1 heterocycles. The Labute approximate surface area is 123 Å². The first-order valence-corrected chi connectivity index (χ1v) is 7.03. The first-order chi connectivity index (χ1) is 8.58. The number of ether oxygens (including phenoxy) is 1. The van der Waals surface area contributed by atoms with Gasteiger partial charge in [0.25, 0.3) is 0 Å². The van der Waals surface area contributed by atoms with Crippen LogP contribution in [0.1, 0.15) is 18.7 Å². The highest BCUT2D eigenvalue weighted by atomic mass is 79.9. The van der Waals surface area contributed by atoms with E-state index < -0.39 is 0 Å². The number of hydrogen-bond donors (Lipinski definition) is 1. The van der Waals surface area contributed by atoms with Gasteiger partial charge >= 0.3 is 0 Å². The number of methoxy groups -OCH3 is 1. The minimum absolute atomic E-state index is 0.0790. The van der Waals surface area contributed by atoms with Crippen LogP contribution >= 0.6 is 31.9 Å². The van der Waals surface area contributed by atoms with Crippen LogP contribution in [-0.4, -0.2) is 7.11 Å². The molecule has 5 heteroatoms. The second-order valence-corrected chi connectivity index (χ2v) is 5.58. The Bertz CT molecular complexity index is 540. The number of hydrogen-bond acceptors (Lipinski definition) is 3. The van der Waals surface area contributed by atoms with E-state index in [4.69, 9.17) is 9.15 Å². The van der Waals surface area contributed by atoms with Gasteiger partial charge in [0.15, 0.2) is 4.67 Å². The van der Waals surface area contributed by atoms with Crippen molar-refractivity contribution in [3.8, 4) is 5.75 Å². The summed E-state index contributed by atoms with van der Waals surface area (Å²) in [6, 6.07) is 9.76. The van der Waals surface area contributed by atoms with Gasteiger partial charge in [-0.05, 0) is 47.1 Å². The van der Waals surface area contributed by atoms with Crippen LogP contribution < -0.4 is 10.1 Å². The van der Waals surface area contributed by atoms with Crippen LogP contribution in [0.15, 0.2) is 43.9 Å². The largest absolute Gasteiger partial charge is 0.497 e. The molecule has 1 atom stereocenters. The van der Waals surface area contributed by atoms with Gasteiger partial charge in [-0.25, -0.2) is 0 Å². The molecule has 0 spiro atoms. The molecule has 96 valence electrons. The number of halogens is 2. The lowest BCUT2D eigenvalue weighted by atomic mass is 10.2. The van der Waals surface area contributed by atoms with Crippen LogP contribution in [-0.2, 0) is 0 Å². The van der Waals surface area contributed by atoms with Gasteiger partial charge < -0.3 is 14.5 Å². The molecule has 0 saturated heterocycles. The highest BCUT2D eigenvalue weighted by Crippen LogP contribution is 2.28. The second-order valence-electron chi connectivity index (χ2n) is 3.89. The summed E-state index contributed by atoms with van der Waals surface area (Å²) >= 11 is 6.75. The quantitative estimate of drug-likeness (QED) is 0.818. The standard InChI is InChI=1S/C13H13Br2NO2/c1-8(12-3-4-13(15)18-12)16-10-5-9(14)6-11(7-10)17-2/h3-8,16H,1-2H3. The molecule has 0 fully saturated rings. The maximum absolute atomic E-state index is 5.52. The van der Waals surface area contributed by atoms with Gasteiger partial charge in [-0.3, -0.25) is 0 Å². The maximum atomic E-state index is 5.52. The van der Waals surface area contributed by atoms with Crippen LogP contribution in [0.3, 0.4) is 0 Å². The smallest absolute Gasteiger partial charge is 0.169 e. The van der Waals surface area contributed by atoms with Crippen molar-refractivity contribution < 1.29 is 9.15 Å². The average molecular weight is 375 g/mol. The van der Waals surface area contributed by atoms with Gasteiger partial charge in [-0.2, -0.15) is 0 Å². The van der Waals surface area contributed by atoms with Crippen molar-refractivity contribution in [1.82, 2.24) is 0 Å². The molecule has 0 aliphatic rings. The van der Waals surface area contributed by atoms with E-state index in [9.17, 15) is 0 Å². The topological polar surface area (TPSA) is 34.4 Å². The van der Waals surface area contributed by atoms with E-state index >= 15 is 0 Å². The van der Waals surface area contributed by atoms with Crippen LogP contribution in [0, 0.1) is 0 Å². The highest BCUT2D eigenvalue weighted by Gasteiger charge is 2.10. The van der Waals surface area contributed by atoms with Gasteiger partial charge in [0.2, 0.25) is 0 Å². The molecule has 1 aromatic carbocycles. The highest BCUT2D eigenvalue weighted by molar-refractivity contribution is 9.10. The van der Waals surface area contributed by atoms with E-state index in [0.29, 0.717) is 0 Å². The Hall–Kier alpha value is -0.940. The zero-order chi connectivity index (χ0) is 13.1. The van der Waals surface area contributed by atoms with Crippen LogP contribution in [0.5, 0.6) is 5.75 Å². The van der Waals surface area contributed by atoms with E-state index in [1.165, 1.54) is 0 Å². The van der Waals surface area contributed by atoms with E-state index in [2.05, 4.69) is 37.2 Å². The molecule has 0 aliphatic heterocycles. The fourth-order valence-electron chi connectivity index (χ4n) is 1.65. The third-order valence-corrected chi connectivity index (χ3v) is 3.39. The molecular weight excluding hydrogens is 362 g/mol. The monoisotopic (exact) mass is 373 g/mol. The van der Waals surface area contributed by atoms with Crippen molar-refractivity contribution in [1.29, 1.82) is 0 Å². The third kappa shape index (κ3) is 3.29. The summed E-state index contributed by atoms with van der Waals surface area (Å²) in [5.41, 5.74) is 0.973. The minimum Gasteiger partial charge on any atom is -0.497 e. The summed E-state index contributed by atoms with van der Waals surface area (Å²) < 4.78 is 12.4. The van der Waals surface area contributed by atoms with Crippen molar-refractivity contribution in [3.05, 3.63) is 45.2 Å². The second kappa shape index (κ2) is 5.80. The summed E-state index contributed by atoms with van der Waals surface area (Å²) in [7, 11) is 1.65. The summed E-state index contributed by atoms with van der Waals surface area (Å²) in [6.45, 7) is 2.04. The van der Waals surface area contributed by atoms with E-state index in [0.717, 1.165) is 26.3 Å². The van der Waals surface area contributed by atoms with Crippen LogP contribution in [0.2, 0.25) is 0 Å². The molecule has 0 saturated carbocycles. The minimum atomic E-state index is 0.0790. The third-order valence-electron chi connectivity index (χ3n) is 2.51. The lowest BCUT2D eigenvalue weighted by Crippen LogP contribution is -2.05. The molecule has 0 amide bonds. The van der Waals surface area contributed by atoms with E-state index in [1.807, 2.05) is 37.3 Å². The van der Waals surface area contributed by atoms with Gasteiger partial charge in [-0.15, -0.1) is 0 Å². The van der Waals surface area contributed by atoms with E-state index in [-0.39, 0.29) is 6.04 Å². The summed E-state index contributed by atoms with van der Waals surface area (Å²) in [6.07, 6.45) is 0. The van der Waals surface area contributed by atoms with E-state index in [1.54, 1.807) is 7.11 Å². The zero-order valence-electron chi connectivity index (χ0n) is 10.0. The molecule has 0 bridgehead atoms. The molecule has 2 aromatic rings. The predicted octanol–water partition coefficient (Wildman–Crippen LogP) is 4.99. The Morgan fingerprint density at radius 1 is 1.22 bits per heavy atom. The van der Waals surface area contributed by atoms with Gasteiger partial charge in [-0.1, -0.05) is 15.9 Å². The van der Waals surface area contributed by atoms with Crippen LogP contribution in [0.25, 0.3) is 0 Å². The number of rotatable bonds is 4. The number of nitrogens with one attached hydrogen (secondary N) is 1. The summed E-state index contributed by atoms with van der Waals surface area (Å²) in [5.74, 6) is 1.68. The Morgan fingerprint density at radius 2 is 2.00 bits per heavy atom. The summed E-state index contributed by atoms with van der Waals surface area (Å²) in [5, 5.41) is 3.36. The molecule has 18 heavy (non-hydrogen) atoms. The molecule has 1 unspecified atom stereocenters. The lowest BCUT2D eigenvalue weighted by molar-refractivity contribution is 0.414. The van der Waals surface area contributed by atoms with Crippen molar-refractivity contribution >= 4 is 37.5 Å². The van der Waals surface area contributed by atoms with Gasteiger partial charge in [0.1, 0.15) is 11.5 Å². The predicted molar refractivity (Wildman–Crippen MR) is 79.1 cm³/mol. The van der Waals surface area contributed by atoms with Crippen LogP contribution in [0.4, 0.5) is 5.69 Å². The fraction of sp³-hybridized carbons (Fsp3) is 0.231. The van der Waals surface area contributed by atoms with Crippen molar-refractivity contribution in [2.24, 2.45) is 0 Å². The molecule has 1 aromatic heterocycles. The molecular formula is C13H13Br2NO2. The van der Waals surface area contributed by atoms with Gasteiger partial charge in [0.05, 0.1) is 13.2 Å². The summed E-state index contributed by atoms with van der Waals surface area (Å²) in [4.78, 5) is 0. The zero-order valence-corrected chi connectivity index (χ0v) is 13.2. The number of benzene rings is 1. The normalized spacial score (nSPS) is 12.2. The molecule has 0 aliphatic carbocycles. The number of furan rings is 1. The maximum Gasteiger partial charge on any atom is 0.169 e. The Morgan fingerprint density at radius 3 is 2.61 bits per heavy atom. The SMILES string of the molecule is COc1cc(Br)cc(NC(C)c2ccc(Br)o2)c1. The first-order valence-electron chi connectivity index (χ1n) is 5.45. The number of anilines is 1. The average Bonchev–Trinajstić information content (AvgIpc) is 2.75. The lowest BCUT2D eigenvalue weighted by Gasteiger charge is -2.14. The Balaban J connectivity index is 2.16. The molecule has 2 rings (SSSR count). The van der Waals surface area contributed by atoms with Gasteiger partial charge in [0, 0.05) is 16.2 Å². The first kappa shape index (κ1) is 13.5. The molecule has 1 N–H and O–H groups in total. The van der Waals surface area contributed by atoms with Crippen molar-refractivity contribution in [2.75, 3.05) is 12.4 Å². The van der Waals surface area contributed by atoms with Crippen molar-refractivity contribution in [3.63, 3.8) is 0 Å². The molecule has 3 nitrogen and oxygen atoms in total. The van der Waals surface area contributed by atoms with Crippen molar-refractivity contribution in [2.45, 2.75) is 13.0 Å².